The van der Waals surface area contributed by atoms with Crippen LogP contribution >= 0.6 is 0 Å². The van der Waals surface area contributed by atoms with Gasteiger partial charge in [0.05, 0.1) is 74.5 Å². The minimum absolute atomic E-state index is 0.911. The van der Waals surface area contributed by atoms with Crippen LogP contribution in [0.3, 0.4) is 0 Å². The fourth-order valence-electron chi connectivity index (χ4n) is 28.4. The molecule has 0 bridgehead atoms. The summed E-state index contributed by atoms with van der Waals surface area (Å²) in [5.74, 6) is 1.10. The molecule has 16 aromatic carbocycles. The highest BCUT2D eigenvalue weighted by Crippen LogP contribution is 2.62. The van der Waals surface area contributed by atoms with E-state index < -0.39 is 0 Å². The molecule has 656 valence electrons. The van der Waals surface area contributed by atoms with Crippen LogP contribution in [0.2, 0.25) is 0 Å². The highest BCUT2D eigenvalue weighted by Gasteiger charge is 2.43. The molecule has 140 heavy (non-hydrogen) atoms. The summed E-state index contributed by atoms with van der Waals surface area (Å²) < 4.78 is 0. The first kappa shape index (κ1) is 76.5. The molecule has 8 aliphatic heterocycles. The molecule has 0 saturated heterocycles. The Bertz CT molecular complexity index is 8090. The predicted octanol–water partition coefficient (Wildman–Crippen LogP) is 30.0. The molecule has 0 radical (unpaired) electrons. The van der Waals surface area contributed by atoms with Crippen molar-refractivity contribution >= 4 is 68.4 Å². The second-order valence-electron chi connectivity index (χ2n) is 41.5. The van der Waals surface area contributed by atoms with Crippen molar-refractivity contribution < 1.29 is 0 Å². The predicted molar refractivity (Wildman–Crippen MR) is 564 cm³/mol. The van der Waals surface area contributed by atoms with E-state index in [2.05, 4.69) is 333 Å². The zero-order valence-corrected chi connectivity index (χ0v) is 77.2. The van der Waals surface area contributed by atoms with Crippen LogP contribution in [0.15, 0.2) is 340 Å². The highest BCUT2D eigenvalue weighted by atomic mass is 15.2. The van der Waals surface area contributed by atoms with Crippen molar-refractivity contribution in [3.63, 3.8) is 0 Å². The van der Waals surface area contributed by atoms with Crippen molar-refractivity contribution in [3.05, 3.63) is 519 Å². The lowest BCUT2D eigenvalue weighted by atomic mass is 9.84. The first-order valence-electron chi connectivity index (χ1n) is 50.3. The molecule has 8 nitrogen and oxygen atoms in total. The molecule has 36 rings (SSSR count). The van der Waals surface area contributed by atoms with Gasteiger partial charge in [-0.1, -0.05) is 224 Å². The lowest BCUT2D eigenvalue weighted by Gasteiger charge is -2.39. The van der Waals surface area contributed by atoms with E-state index in [-0.39, 0.29) is 0 Å². The van der Waals surface area contributed by atoms with Crippen molar-refractivity contribution in [1.82, 2.24) is 19.9 Å². The van der Waals surface area contributed by atoms with Crippen LogP contribution in [0, 0.1) is 0 Å². The van der Waals surface area contributed by atoms with E-state index in [0.717, 1.165) is 109 Å². The number of benzene rings is 16. The van der Waals surface area contributed by atoms with Gasteiger partial charge in [0.1, 0.15) is 5.82 Å². The fourth-order valence-corrected chi connectivity index (χ4v) is 28.4. The lowest BCUT2D eigenvalue weighted by Crippen LogP contribution is -2.26. The van der Waals surface area contributed by atoms with Gasteiger partial charge in [0.15, 0.2) is 0 Å². The standard InChI is InChI=1S/4C33H22N2/c1-2-9-25-19(5-1)13-23-15-24-17-29-26(28(24)18-27(23)25)10-11-31-30(29)16-21-7-3-6-20-14-22-8-4-12-34-33(22)35(31)32(20)21;1-2-8-24-19(5-1)13-22-14-23-16-28-25(27(23)18-26(22)24)10-11-31-29(28)15-20-6-3-7-21-17-30-32(9-4-12-34-30)35(31)33(20)21;1-2-7-25-19(4-1)12-23-14-24-16-29-26(28(24)17-27(23)25)8-9-31-30(29)15-22-6-3-5-21-13-20-10-11-34-18-32(20)35(31)33(21)22;1-2-7-25-19(4-1)12-22-14-23-16-29-26(28(23)17-27(22)25)8-9-32-30(29)15-21-6-3-5-20-13-24-18-34-11-10-31(24)35(32)33(20)21/h1-12,15,18H,13-14,16-17H2;1-12,14,18H,13,15-17H2;2*1-11,14,17-18H,12-13,15-16H2. The Morgan fingerprint density at radius 3 is 0.886 bits per heavy atom. The molecule has 0 fully saturated rings. The average molecular weight is 1790 g/mol. The van der Waals surface area contributed by atoms with Crippen LogP contribution in [0.4, 0.5) is 68.4 Å². The fraction of sp³-hybridized carbons (Fsp3) is 0.121. The topological polar surface area (TPSA) is 64.5 Å². The summed E-state index contributed by atoms with van der Waals surface area (Å²) in [5, 5.41) is 0. The van der Waals surface area contributed by atoms with E-state index in [4.69, 9.17) is 9.97 Å². The average Bonchev–Trinajstić information content (AvgIpc) is 1.23. The quantitative estimate of drug-likeness (QED) is 0.149. The summed E-state index contributed by atoms with van der Waals surface area (Å²) in [4.78, 5) is 28.5. The van der Waals surface area contributed by atoms with Gasteiger partial charge in [-0.05, 0) is 392 Å². The van der Waals surface area contributed by atoms with Crippen molar-refractivity contribution in [1.29, 1.82) is 0 Å². The third-order valence-corrected chi connectivity index (χ3v) is 34.4. The minimum Gasteiger partial charge on any atom is -0.309 e. The van der Waals surface area contributed by atoms with Gasteiger partial charge in [-0.2, -0.15) is 0 Å². The zero-order valence-electron chi connectivity index (χ0n) is 77.2. The summed E-state index contributed by atoms with van der Waals surface area (Å²) >= 11 is 0. The summed E-state index contributed by atoms with van der Waals surface area (Å²) in [6.45, 7) is 0. The molecule has 0 spiro atoms. The SMILES string of the molecule is c1ccc2c(c1)Cc1cc3c(cc1-2)-c1ccc2c(c1C3)Cc1cccc3c1N2c1cccnc1C3.c1ccc2c(c1)Cc1cc3c(cc1-2)-c1ccc2c(c1C3)Cc1cccc3c1N2c1ccncc1C3.c1ccc2c(c1)Cc1cc3c(cc1-2)-c1ccc2c(c1C3)Cc1cccc3c1N2c1cnccc1C3.c1ccc2c(c1)Cc1cc3c(cc1-2)-c1ccc2c(c1C3)Cc1cccc3c1N2c1ncccc1C3. The van der Waals surface area contributed by atoms with Gasteiger partial charge in [-0.25, -0.2) is 4.98 Å². The molecule has 0 N–H and O–H groups in total. The maximum absolute atomic E-state index is 4.87. The Kier molecular flexibility index (Phi) is 15.6. The van der Waals surface area contributed by atoms with Gasteiger partial charge in [-0.15, -0.1) is 0 Å². The van der Waals surface area contributed by atoms with Gasteiger partial charge < -0.3 is 14.7 Å². The lowest BCUT2D eigenvalue weighted by molar-refractivity contribution is 0.963. The number of hydrogen-bond acceptors (Lipinski definition) is 8. The summed E-state index contributed by atoms with van der Waals surface area (Å²) in [6.07, 6.45) is 28.0. The monoisotopic (exact) mass is 1780 g/mol. The molecule has 0 atom stereocenters. The second kappa shape index (κ2) is 28.5. The summed E-state index contributed by atoms with van der Waals surface area (Å²) in [6, 6.07) is 115. The molecule has 16 aliphatic rings. The molecule has 20 aromatic rings. The van der Waals surface area contributed by atoms with Crippen molar-refractivity contribution in [2.75, 3.05) is 19.6 Å². The molecular weight excluding hydrogens is 1700 g/mol. The van der Waals surface area contributed by atoms with Crippen LogP contribution in [0.25, 0.3) is 89.0 Å². The number of pyridine rings is 4. The third kappa shape index (κ3) is 10.8. The van der Waals surface area contributed by atoms with Gasteiger partial charge in [0, 0.05) is 82.4 Å². The van der Waals surface area contributed by atoms with Gasteiger partial charge in [0.2, 0.25) is 0 Å². The minimum atomic E-state index is 0.911. The van der Waals surface area contributed by atoms with Crippen molar-refractivity contribution in [3.8, 4) is 89.0 Å². The van der Waals surface area contributed by atoms with E-state index in [9.17, 15) is 0 Å². The van der Waals surface area contributed by atoms with E-state index in [1.807, 2.05) is 37.2 Å². The van der Waals surface area contributed by atoms with E-state index in [1.54, 1.807) is 0 Å². The Hall–Kier alpha value is -16.7. The molecule has 0 unspecified atom stereocenters. The summed E-state index contributed by atoms with van der Waals surface area (Å²) in [5.41, 5.74) is 83.6. The van der Waals surface area contributed by atoms with Crippen molar-refractivity contribution in [2.24, 2.45) is 0 Å². The second-order valence-corrected chi connectivity index (χ2v) is 41.5. The Morgan fingerprint density at radius 1 is 0.150 bits per heavy atom. The van der Waals surface area contributed by atoms with Crippen LogP contribution in [-0.4, -0.2) is 19.9 Å². The number of nitrogens with zero attached hydrogens (tertiary/aromatic N) is 8. The molecule has 8 heteroatoms. The van der Waals surface area contributed by atoms with Gasteiger partial charge in [0.25, 0.3) is 0 Å². The highest BCUT2D eigenvalue weighted by molar-refractivity contribution is 6.01. The Labute approximate surface area is 812 Å². The number of aromatic nitrogens is 4. The largest absolute Gasteiger partial charge is 0.309 e. The molecule has 0 amide bonds. The first-order chi connectivity index (χ1) is 69.3. The molecule has 8 aliphatic carbocycles. The Morgan fingerprint density at radius 2 is 0.450 bits per heavy atom. The first-order valence-corrected chi connectivity index (χ1v) is 50.3. The number of hydrogen-bond donors (Lipinski definition) is 0. The van der Waals surface area contributed by atoms with E-state index >= 15 is 0 Å². The smallest absolute Gasteiger partial charge is 0.141 e. The Balaban J connectivity index is 0.0000000829. The molecular formula is C132H88N8. The van der Waals surface area contributed by atoms with Gasteiger partial charge >= 0.3 is 0 Å². The van der Waals surface area contributed by atoms with Crippen LogP contribution in [0.1, 0.15) is 178 Å². The normalized spacial score (nSPS) is 14.9. The van der Waals surface area contributed by atoms with E-state index in [1.165, 1.54) is 330 Å². The van der Waals surface area contributed by atoms with Crippen LogP contribution in [-0.2, 0) is 103 Å². The maximum Gasteiger partial charge on any atom is 0.141 e. The maximum atomic E-state index is 4.87. The zero-order chi connectivity index (χ0) is 90.7. The summed E-state index contributed by atoms with van der Waals surface area (Å²) in [7, 11) is 0. The van der Waals surface area contributed by atoms with Gasteiger partial charge in [-0.3, -0.25) is 19.9 Å². The number of fused-ring (bicyclic) bond motifs is 44. The molecule has 12 heterocycles. The van der Waals surface area contributed by atoms with Crippen LogP contribution < -0.4 is 19.6 Å². The number of rotatable bonds is 0. The molecule has 0 saturated carbocycles. The third-order valence-electron chi connectivity index (χ3n) is 34.4. The molecule has 4 aromatic heterocycles. The number of para-hydroxylation sites is 4. The van der Waals surface area contributed by atoms with E-state index in [0.29, 0.717) is 0 Å². The van der Waals surface area contributed by atoms with Crippen molar-refractivity contribution in [2.45, 2.75) is 103 Å². The van der Waals surface area contributed by atoms with Crippen LogP contribution in [0.5, 0.6) is 0 Å². The number of anilines is 12.